The smallest absolute Gasteiger partial charge is 0.378 e. The number of rotatable bonds is 5. The molecule has 0 saturated heterocycles. The number of carboxylic acid groups (broad SMARTS) is 1. The Labute approximate surface area is 116 Å². The fourth-order valence-electron chi connectivity index (χ4n) is 3.04. The first-order valence-electron chi connectivity index (χ1n) is 7.05. The number of ether oxygens (including phenoxy) is 1. The molecule has 0 aromatic heterocycles. The van der Waals surface area contributed by atoms with Gasteiger partial charge >= 0.3 is 17.9 Å². The second kappa shape index (κ2) is 5.30. The monoisotopic (exact) mass is 290 g/mol. The standard InChI is InChI=1S/C14H20F2O4/c1-7(2)11(14(15,16)13(18)19)20-12(17)9-4-3-8-5-10(8)6-9/h7-11H,3-6H2,1-2H3,(H,18,19). The zero-order valence-corrected chi connectivity index (χ0v) is 11.6. The molecule has 0 spiro atoms. The first-order chi connectivity index (χ1) is 9.23. The van der Waals surface area contributed by atoms with Crippen LogP contribution in [0, 0.1) is 23.7 Å². The molecule has 0 aromatic carbocycles. The van der Waals surface area contributed by atoms with E-state index in [4.69, 9.17) is 9.84 Å². The summed E-state index contributed by atoms with van der Waals surface area (Å²) < 4.78 is 32.1. The van der Waals surface area contributed by atoms with Crippen molar-refractivity contribution < 1.29 is 28.2 Å². The van der Waals surface area contributed by atoms with Crippen LogP contribution >= 0.6 is 0 Å². The fourth-order valence-corrected chi connectivity index (χ4v) is 3.04. The molecule has 0 heterocycles. The fraction of sp³-hybridized carbons (Fsp3) is 0.857. The number of fused-ring (bicyclic) bond motifs is 1. The average Bonchev–Trinajstić information content (AvgIpc) is 3.12. The van der Waals surface area contributed by atoms with Gasteiger partial charge in [-0.3, -0.25) is 4.79 Å². The summed E-state index contributed by atoms with van der Waals surface area (Å²) in [7, 11) is 0. The summed E-state index contributed by atoms with van der Waals surface area (Å²) in [5.41, 5.74) is 0. The molecule has 0 radical (unpaired) electrons. The number of halogens is 2. The van der Waals surface area contributed by atoms with E-state index < -0.39 is 29.9 Å². The Bertz CT molecular complexity index is 408. The lowest BCUT2D eigenvalue weighted by Crippen LogP contribution is -2.48. The molecule has 2 fully saturated rings. The van der Waals surface area contributed by atoms with Gasteiger partial charge in [-0.25, -0.2) is 4.79 Å². The molecule has 0 amide bonds. The van der Waals surface area contributed by atoms with Crippen LogP contribution in [0.5, 0.6) is 0 Å². The van der Waals surface area contributed by atoms with Crippen LogP contribution in [0.2, 0.25) is 0 Å². The minimum absolute atomic E-state index is 0.357. The topological polar surface area (TPSA) is 63.6 Å². The maximum Gasteiger partial charge on any atom is 0.378 e. The van der Waals surface area contributed by atoms with E-state index in [1.807, 2.05) is 0 Å². The number of hydrogen-bond donors (Lipinski definition) is 1. The zero-order valence-electron chi connectivity index (χ0n) is 11.6. The van der Waals surface area contributed by atoms with Gasteiger partial charge in [-0.05, 0) is 43.4 Å². The molecule has 114 valence electrons. The lowest BCUT2D eigenvalue weighted by atomic mass is 9.89. The van der Waals surface area contributed by atoms with Gasteiger partial charge in [-0.2, -0.15) is 8.78 Å². The van der Waals surface area contributed by atoms with Gasteiger partial charge in [0.15, 0.2) is 6.10 Å². The van der Waals surface area contributed by atoms with Crippen molar-refractivity contribution in [2.45, 2.75) is 51.6 Å². The Hall–Kier alpha value is -1.20. The summed E-state index contributed by atoms with van der Waals surface area (Å²) in [5, 5.41) is 8.59. The molecule has 0 bridgehead atoms. The SMILES string of the molecule is CC(C)C(OC(=O)C1CCC2CC2C1)C(F)(F)C(=O)O. The van der Waals surface area contributed by atoms with Gasteiger partial charge in [-0.1, -0.05) is 13.8 Å². The largest absolute Gasteiger partial charge is 0.477 e. The van der Waals surface area contributed by atoms with Crippen molar-refractivity contribution in [1.29, 1.82) is 0 Å². The predicted molar refractivity (Wildman–Crippen MR) is 66.2 cm³/mol. The Morgan fingerprint density at radius 3 is 2.35 bits per heavy atom. The summed E-state index contributed by atoms with van der Waals surface area (Å²) in [5.74, 6) is -6.88. The third kappa shape index (κ3) is 2.94. The molecule has 0 aliphatic heterocycles. The van der Waals surface area contributed by atoms with Crippen molar-refractivity contribution in [3.05, 3.63) is 0 Å². The molecular weight excluding hydrogens is 270 g/mol. The van der Waals surface area contributed by atoms with E-state index in [9.17, 15) is 18.4 Å². The molecular formula is C14H20F2O4. The highest BCUT2D eigenvalue weighted by Crippen LogP contribution is 2.51. The first kappa shape index (κ1) is 15.2. The van der Waals surface area contributed by atoms with Gasteiger partial charge in [0.25, 0.3) is 0 Å². The van der Waals surface area contributed by atoms with E-state index in [1.165, 1.54) is 13.8 Å². The van der Waals surface area contributed by atoms with Gasteiger partial charge < -0.3 is 9.84 Å². The van der Waals surface area contributed by atoms with Crippen LogP contribution in [0.1, 0.15) is 39.5 Å². The maximum atomic E-state index is 13.6. The van der Waals surface area contributed by atoms with Crippen LogP contribution < -0.4 is 0 Å². The first-order valence-corrected chi connectivity index (χ1v) is 7.05. The van der Waals surface area contributed by atoms with E-state index in [1.54, 1.807) is 0 Å². The van der Waals surface area contributed by atoms with Crippen molar-refractivity contribution >= 4 is 11.9 Å². The van der Waals surface area contributed by atoms with Crippen molar-refractivity contribution in [2.24, 2.45) is 23.7 Å². The van der Waals surface area contributed by atoms with E-state index in [-0.39, 0.29) is 5.92 Å². The molecule has 1 N–H and O–H groups in total. The van der Waals surface area contributed by atoms with Crippen molar-refractivity contribution in [1.82, 2.24) is 0 Å². The Balaban J connectivity index is 2.00. The van der Waals surface area contributed by atoms with Crippen LogP contribution in [0.4, 0.5) is 8.78 Å². The second-order valence-electron chi connectivity index (χ2n) is 6.30. The minimum Gasteiger partial charge on any atom is -0.477 e. The molecule has 4 atom stereocenters. The van der Waals surface area contributed by atoms with Crippen LogP contribution in [-0.4, -0.2) is 29.1 Å². The molecule has 2 rings (SSSR count). The minimum atomic E-state index is -4.05. The summed E-state index contributed by atoms with van der Waals surface area (Å²) >= 11 is 0. The number of aliphatic carboxylic acids is 1. The molecule has 0 aromatic rings. The Morgan fingerprint density at radius 2 is 1.85 bits per heavy atom. The highest BCUT2D eigenvalue weighted by molar-refractivity contribution is 5.78. The summed E-state index contributed by atoms with van der Waals surface area (Å²) in [6, 6.07) is 0. The molecule has 4 nitrogen and oxygen atoms in total. The van der Waals surface area contributed by atoms with Gasteiger partial charge in [0.2, 0.25) is 0 Å². The number of carboxylic acids is 1. The molecule has 6 heteroatoms. The normalized spacial score (nSPS) is 30.6. The zero-order chi connectivity index (χ0) is 15.1. The molecule has 20 heavy (non-hydrogen) atoms. The third-order valence-corrected chi connectivity index (χ3v) is 4.37. The van der Waals surface area contributed by atoms with Gasteiger partial charge in [0, 0.05) is 0 Å². The highest BCUT2D eigenvalue weighted by atomic mass is 19.3. The quantitative estimate of drug-likeness (QED) is 0.791. The maximum absolute atomic E-state index is 13.6. The van der Waals surface area contributed by atoms with E-state index >= 15 is 0 Å². The lowest BCUT2D eigenvalue weighted by molar-refractivity contribution is -0.201. The van der Waals surface area contributed by atoms with Crippen LogP contribution in [0.25, 0.3) is 0 Å². The number of carbonyl (C=O) groups excluding carboxylic acids is 1. The van der Waals surface area contributed by atoms with Crippen LogP contribution in [-0.2, 0) is 14.3 Å². The second-order valence-corrected chi connectivity index (χ2v) is 6.30. The summed E-state index contributed by atoms with van der Waals surface area (Å²) in [4.78, 5) is 22.6. The Kier molecular flexibility index (Phi) is 4.02. The van der Waals surface area contributed by atoms with E-state index in [0.717, 1.165) is 12.8 Å². The van der Waals surface area contributed by atoms with E-state index in [2.05, 4.69) is 0 Å². The van der Waals surface area contributed by atoms with Crippen LogP contribution in [0.3, 0.4) is 0 Å². The predicted octanol–water partition coefficient (Wildman–Crippen LogP) is 2.71. The number of alkyl halides is 2. The molecule has 2 saturated carbocycles. The third-order valence-electron chi connectivity index (χ3n) is 4.37. The van der Waals surface area contributed by atoms with E-state index in [0.29, 0.717) is 24.7 Å². The summed E-state index contributed by atoms with van der Waals surface area (Å²) in [6.45, 7) is 2.85. The van der Waals surface area contributed by atoms with Crippen molar-refractivity contribution in [3.8, 4) is 0 Å². The number of hydrogen-bond acceptors (Lipinski definition) is 3. The van der Waals surface area contributed by atoms with Crippen molar-refractivity contribution in [3.63, 3.8) is 0 Å². The number of esters is 1. The molecule has 4 unspecified atom stereocenters. The van der Waals surface area contributed by atoms with Gasteiger partial charge in [0.1, 0.15) is 0 Å². The van der Waals surface area contributed by atoms with Gasteiger partial charge in [-0.15, -0.1) is 0 Å². The van der Waals surface area contributed by atoms with Crippen LogP contribution in [0.15, 0.2) is 0 Å². The van der Waals surface area contributed by atoms with Crippen molar-refractivity contribution in [2.75, 3.05) is 0 Å². The molecule has 2 aliphatic carbocycles. The number of carbonyl (C=O) groups is 2. The highest BCUT2D eigenvalue weighted by Gasteiger charge is 2.53. The lowest BCUT2D eigenvalue weighted by Gasteiger charge is -2.29. The Morgan fingerprint density at radius 1 is 1.20 bits per heavy atom. The molecule has 2 aliphatic rings. The van der Waals surface area contributed by atoms with Gasteiger partial charge in [0.05, 0.1) is 5.92 Å². The summed E-state index contributed by atoms with van der Waals surface area (Å²) in [6.07, 6.45) is 1.48. The average molecular weight is 290 g/mol.